The first-order valence-corrected chi connectivity index (χ1v) is 25.0. The van der Waals surface area contributed by atoms with E-state index in [1.807, 2.05) is 34.7 Å². The van der Waals surface area contributed by atoms with E-state index in [4.69, 9.17) is 4.74 Å². The second-order valence-corrected chi connectivity index (χ2v) is 19.6. The zero-order valence-electron chi connectivity index (χ0n) is 39.0. The molecule has 0 aliphatic heterocycles. The first-order valence-electron chi connectivity index (χ1n) is 22.5. The monoisotopic (exact) mass is 975 g/mol. The summed E-state index contributed by atoms with van der Waals surface area (Å²) in [6.45, 7) is 12.5. The molecule has 20 heteroatoms. The topological polar surface area (TPSA) is 205 Å². The van der Waals surface area contributed by atoms with Gasteiger partial charge >= 0.3 is 12.1 Å². The Morgan fingerprint density at radius 1 is 1.01 bits per heavy atom. The molecule has 0 radical (unpaired) electrons. The van der Waals surface area contributed by atoms with Crippen molar-refractivity contribution in [2.24, 2.45) is 5.92 Å². The lowest BCUT2D eigenvalue weighted by Gasteiger charge is -2.35. The molecular weight excluding hydrogens is 912 g/mol. The number of likely N-dealkylation sites (N-methyl/N-ethyl adjacent to an activating group) is 1. The number of thiazole rings is 1. The fourth-order valence-electron chi connectivity index (χ4n) is 7.89. The summed E-state index contributed by atoms with van der Waals surface area (Å²) in [5.74, 6) is -5.50. The van der Waals surface area contributed by atoms with E-state index in [1.54, 1.807) is 46.9 Å². The number of nitrogens with one attached hydrogen (secondary N) is 5. The van der Waals surface area contributed by atoms with Crippen molar-refractivity contribution in [3.63, 3.8) is 0 Å². The molecule has 0 saturated carbocycles. The van der Waals surface area contributed by atoms with E-state index in [-0.39, 0.29) is 41.8 Å². The average molecular weight is 976 g/mol. The van der Waals surface area contributed by atoms with Gasteiger partial charge in [-0.05, 0) is 81.3 Å². The summed E-state index contributed by atoms with van der Waals surface area (Å²) >= 11 is 1.22. The molecule has 6 atom stereocenters. The van der Waals surface area contributed by atoms with Gasteiger partial charge in [-0.3, -0.25) is 28.7 Å². The van der Waals surface area contributed by atoms with Crippen LogP contribution >= 0.6 is 11.3 Å². The van der Waals surface area contributed by atoms with Crippen molar-refractivity contribution in [1.29, 1.82) is 0 Å². The van der Waals surface area contributed by atoms with Gasteiger partial charge in [0.15, 0.2) is 0 Å². The Morgan fingerprint density at radius 2 is 1.70 bits per heavy atom. The molecular formula is C47H64F3N7O8S2. The zero-order chi connectivity index (χ0) is 49.5. The van der Waals surface area contributed by atoms with Crippen molar-refractivity contribution >= 4 is 50.9 Å². The summed E-state index contributed by atoms with van der Waals surface area (Å²) in [5, 5.41) is 12.9. The van der Waals surface area contributed by atoms with Gasteiger partial charge in [0.25, 0.3) is 5.91 Å². The van der Waals surface area contributed by atoms with Crippen LogP contribution in [0.5, 0.6) is 0 Å². The number of rotatable bonds is 25. The van der Waals surface area contributed by atoms with Crippen molar-refractivity contribution in [2.75, 3.05) is 27.2 Å². The largest absolute Gasteiger partial charge is 0.471 e. The normalized spacial score (nSPS) is 16.7. The van der Waals surface area contributed by atoms with Crippen LogP contribution in [0.4, 0.5) is 13.2 Å². The number of fused-ring (bicyclic) bond motifs is 1. The van der Waals surface area contributed by atoms with E-state index < -0.39 is 76.4 Å². The summed E-state index contributed by atoms with van der Waals surface area (Å²) < 4.78 is 72.4. The number of halogens is 3. The average Bonchev–Trinajstić information content (AvgIpc) is 3.78. The predicted molar refractivity (Wildman–Crippen MR) is 250 cm³/mol. The highest BCUT2D eigenvalue weighted by atomic mass is 32.2. The number of carbonyl (C=O) groups excluding carboxylic acids is 5. The number of nitrogens with zero attached hydrogens (tertiary/aromatic N) is 2. The van der Waals surface area contributed by atoms with Crippen LogP contribution in [0, 0.1) is 5.92 Å². The molecule has 1 unspecified atom stereocenters. The number of sulfonamides is 1. The van der Waals surface area contributed by atoms with Gasteiger partial charge in [0, 0.05) is 44.5 Å². The fraction of sp³-hybridized carbons (Fsp3) is 0.532. The van der Waals surface area contributed by atoms with Crippen LogP contribution in [0.1, 0.15) is 122 Å². The molecule has 0 saturated heterocycles. The van der Waals surface area contributed by atoms with E-state index in [1.165, 1.54) is 35.6 Å². The Morgan fingerprint density at radius 3 is 2.34 bits per heavy atom. The van der Waals surface area contributed by atoms with Gasteiger partial charge in [-0.15, -0.1) is 11.3 Å². The molecule has 5 N–H and O–H groups in total. The lowest BCUT2D eigenvalue weighted by atomic mass is 9.79. The number of alkyl halides is 3. The molecule has 368 valence electrons. The molecule has 1 aliphatic rings. The van der Waals surface area contributed by atoms with Gasteiger partial charge in [-0.1, -0.05) is 87.4 Å². The highest BCUT2D eigenvalue weighted by Gasteiger charge is 2.39. The minimum Gasteiger partial charge on any atom is -0.371 e. The Balaban J connectivity index is 1.42. The summed E-state index contributed by atoms with van der Waals surface area (Å²) in [6.07, 6.45) is -1.37. The van der Waals surface area contributed by atoms with Gasteiger partial charge in [0.1, 0.15) is 22.8 Å². The second kappa shape index (κ2) is 25.3. The number of carbonyl (C=O) groups is 5. The summed E-state index contributed by atoms with van der Waals surface area (Å²) in [6, 6.07) is 10.7. The third-order valence-corrected chi connectivity index (χ3v) is 13.9. The quantitative estimate of drug-likeness (QED) is 0.0497. The molecule has 67 heavy (non-hydrogen) atoms. The maximum absolute atomic E-state index is 14.1. The van der Waals surface area contributed by atoms with Gasteiger partial charge < -0.3 is 30.9 Å². The molecule has 1 heterocycles. The van der Waals surface area contributed by atoms with Crippen LogP contribution in [0.15, 0.2) is 66.1 Å². The standard InChI is InChI=1S/C47H64F3N7O8S2/c1-8-30(5)41(55-40(58)17-11-10-14-22-51-6)45(61)57(7)38(29(3)4)25-39(65-9-2)44-54-37(27-66-44)43(60)53-34-23-33-15-12-13-16-35(33)36(24-34)42(59)56-67(63,64)28-32-20-18-31(19-21-32)26-52-46(62)47(48,49)50/h12-13,15-16,18-21,27,30,34,36,38-39,41,51H,3,8-11,14,17,22-26,28H2,1-2,4-7H3,(H,52,62)(H,53,60)(H,55,58)(H,56,59)/t30-,34?,36+,38+,39+,41-/m0/s1. The Labute approximate surface area is 395 Å². The number of aromatic nitrogens is 1. The number of hydrogen-bond donors (Lipinski definition) is 5. The number of unbranched alkanes of at least 4 members (excludes halogenated alkanes) is 2. The molecule has 5 amide bonds. The Bertz CT molecular complexity index is 2290. The smallest absolute Gasteiger partial charge is 0.371 e. The molecule has 0 bridgehead atoms. The van der Waals surface area contributed by atoms with Crippen LogP contribution in [0.3, 0.4) is 0 Å². The third-order valence-electron chi connectivity index (χ3n) is 11.8. The van der Waals surface area contributed by atoms with Gasteiger partial charge in [-0.2, -0.15) is 13.2 Å². The van der Waals surface area contributed by atoms with Gasteiger partial charge in [0.2, 0.25) is 27.7 Å². The first-order chi connectivity index (χ1) is 31.7. The maximum Gasteiger partial charge on any atom is 0.471 e. The second-order valence-electron chi connectivity index (χ2n) is 17.0. The van der Waals surface area contributed by atoms with Gasteiger partial charge in [-0.25, -0.2) is 13.4 Å². The molecule has 4 rings (SSSR count). The lowest BCUT2D eigenvalue weighted by molar-refractivity contribution is -0.173. The van der Waals surface area contributed by atoms with E-state index in [0.717, 1.165) is 31.4 Å². The first kappa shape index (κ1) is 54.4. The van der Waals surface area contributed by atoms with E-state index in [0.29, 0.717) is 47.6 Å². The van der Waals surface area contributed by atoms with Crippen molar-refractivity contribution in [3.05, 3.63) is 99.0 Å². The summed E-state index contributed by atoms with van der Waals surface area (Å²) in [7, 11) is -0.678. The van der Waals surface area contributed by atoms with Crippen molar-refractivity contribution in [1.82, 2.24) is 35.9 Å². The molecule has 15 nitrogen and oxygen atoms in total. The zero-order valence-corrected chi connectivity index (χ0v) is 40.6. The highest BCUT2D eigenvalue weighted by molar-refractivity contribution is 7.89. The van der Waals surface area contributed by atoms with E-state index in [9.17, 15) is 45.6 Å². The van der Waals surface area contributed by atoms with Crippen LogP contribution in [0.25, 0.3) is 0 Å². The van der Waals surface area contributed by atoms with Crippen LogP contribution in [-0.2, 0) is 52.7 Å². The van der Waals surface area contributed by atoms with Crippen LogP contribution < -0.4 is 26.0 Å². The minimum atomic E-state index is -5.04. The summed E-state index contributed by atoms with van der Waals surface area (Å²) in [4.78, 5) is 72.0. The SMILES string of the molecule is C=C(C)[C@@H](C[C@@H](OCC)c1nc(C(=O)NC2Cc3ccccc3[C@H](C(=O)NS(=O)(=O)Cc3ccc(CNC(=O)C(F)(F)F)cc3)C2)cs1)N(C)C(=O)[C@@H](NC(=O)CCCCCNC)[C@@H](C)CC. The Hall–Kier alpha value is -5.18. The highest BCUT2D eigenvalue weighted by Crippen LogP contribution is 2.34. The molecule has 1 aromatic heterocycles. The molecule has 0 fully saturated rings. The van der Waals surface area contributed by atoms with Crippen molar-refractivity contribution in [3.8, 4) is 0 Å². The predicted octanol–water partition coefficient (Wildman–Crippen LogP) is 5.98. The minimum absolute atomic E-state index is 0.0798. The maximum atomic E-state index is 14.1. The molecule has 0 spiro atoms. The van der Waals surface area contributed by atoms with Crippen LogP contribution in [-0.4, -0.2) is 99.4 Å². The number of amides is 5. The number of ether oxygens (including phenoxy) is 1. The molecule has 3 aromatic rings. The van der Waals surface area contributed by atoms with E-state index in [2.05, 4.69) is 32.2 Å². The molecule has 1 aliphatic carbocycles. The van der Waals surface area contributed by atoms with Gasteiger partial charge in [0.05, 0.1) is 17.7 Å². The number of benzene rings is 2. The van der Waals surface area contributed by atoms with Crippen molar-refractivity contribution in [2.45, 2.75) is 128 Å². The lowest BCUT2D eigenvalue weighted by Crippen LogP contribution is -2.53. The fourth-order valence-corrected chi connectivity index (χ4v) is 9.90. The van der Waals surface area contributed by atoms with Crippen LogP contribution in [0.2, 0.25) is 0 Å². The summed E-state index contributed by atoms with van der Waals surface area (Å²) in [5.41, 5.74) is 2.74. The third kappa shape index (κ3) is 16.2. The molecule has 2 aromatic carbocycles. The van der Waals surface area contributed by atoms with Crippen molar-refractivity contribution < 1.29 is 50.3 Å². The Kier molecular flexibility index (Phi) is 20.5. The van der Waals surface area contributed by atoms with E-state index >= 15 is 0 Å². The number of hydrogen-bond acceptors (Lipinski definition) is 11.